The third-order valence-electron chi connectivity index (χ3n) is 6.52. The van der Waals surface area contributed by atoms with Crippen molar-refractivity contribution in [1.29, 1.82) is 0 Å². The minimum Gasteiger partial charge on any atom is -0.377 e. The lowest BCUT2D eigenvalue weighted by atomic mass is 10.0. The Kier molecular flexibility index (Phi) is 12.6. The van der Waals surface area contributed by atoms with Gasteiger partial charge in [0.15, 0.2) is 5.78 Å². The molecule has 0 saturated heterocycles. The predicted molar refractivity (Wildman–Crippen MR) is 153 cm³/mol. The molecule has 0 aromatic heterocycles. The quantitative estimate of drug-likeness (QED) is 0.105. The molecule has 0 unspecified atom stereocenters. The standard InChI is InChI=1S/C34H39FO2/c1-2-28-12-18-31(19-13-28)27-37-26-10-8-6-4-3-5-7-9-11-29-14-16-30(17-15-29)20-25-34(36)32-21-23-33(35)24-22-32/h2,12-25H,1,3-11,26-27H2. The van der Waals surface area contributed by atoms with Gasteiger partial charge in [-0.25, -0.2) is 4.39 Å². The molecule has 0 saturated carbocycles. The number of hydrogen-bond acceptors (Lipinski definition) is 2. The molecule has 0 aliphatic heterocycles. The largest absolute Gasteiger partial charge is 0.377 e. The molecule has 0 aliphatic carbocycles. The number of halogens is 1. The lowest BCUT2D eigenvalue weighted by Crippen LogP contribution is -1.95. The van der Waals surface area contributed by atoms with Crippen LogP contribution in [0.4, 0.5) is 4.39 Å². The fourth-order valence-corrected chi connectivity index (χ4v) is 4.21. The number of benzene rings is 3. The van der Waals surface area contributed by atoms with Crippen LogP contribution >= 0.6 is 0 Å². The normalized spacial score (nSPS) is 11.2. The van der Waals surface area contributed by atoms with Crippen LogP contribution in [0.1, 0.15) is 84.0 Å². The Morgan fingerprint density at radius 2 is 1.27 bits per heavy atom. The van der Waals surface area contributed by atoms with Crippen LogP contribution < -0.4 is 0 Å². The molecule has 0 N–H and O–H groups in total. The molecule has 0 bridgehead atoms. The third-order valence-corrected chi connectivity index (χ3v) is 6.52. The minimum absolute atomic E-state index is 0.122. The smallest absolute Gasteiger partial charge is 0.185 e. The van der Waals surface area contributed by atoms with E-state index in [0.717, 1.165) is 30.6 Å². The lowest BCUT2D eigenvalue weighted by molar-refractivity contribution is 0.104. The van der Waals surface area contributed by atoms with Gasteiger partial charge in [0, 0.05) is 12.2 Å². The van der Waals surface area contributed by atoms with Crippen LogP contribution in [0.5, 0.6) is 0 Å². The van der Waals surface area contributed by atoms with E-state index in [9.17, 15) is 9.18 Å². The van der Waals surface area contributed by atoms with Gasteiger partial charge in [-0.3, -0.25) is 4.79 Å². The Balaban J connectivity index is 1.17. The highest BCUT2D eigenvalue weighted by atomic mass is 19.1. The van der Waals surface area contributed by atoms with Crippen LogP contribution in [0.3, 0.4) is 0 Å². The van der Waals surface area contributed by atoms with Gasteiger partial charge in [-0.2, -0.15) is 0 Å². The van der Waals surface area contributed by atoms with Gasteiger partial charge in [-0.15, -0.1) is 0 Å². The van der Waals surface area contributed by atoms with E-state index in [-0.39, 0.29) is 11.6 Å². The van der Waals surface area contributed by atoms with Crippen molar-refractivity contribution in [1.82, 2.24) is 0 Å². The van der Waals surface area contributed by atoms with E-state index < -0.39 is 0 Å². The van der Waals surface area contributed by atoms with Crippen molar-refractivity contribution < 1.29 is 13.9 Å². The van der Waals surface area contributed by atoms with Gasteiger partial charge in [0.05, 0.1) is 6.61 Å². The van der Waals surface area contributed by atoms with E-state index in [1.165, 1.54) is 80.3 Å². The molecule has 0 amide bonds. The van der Waals surface area contributed by atoms with E-state index in [1.807, 2.05) is 24.3 Å². The number of carbonyl (C=O) groups excluding carboxylic acids is 1. The summed E-state index contributed by atoms with van der Waals surface area (Å²) in [6, 6.07) is 22.4. The van der Waals surface area contributed by atoms with Crippen LogP contribution in [0.2, 0.25) is 0 Å². The highest BCUT2D eigenvalue weighted by molar-refractivity contribution is 6.06. The monoisotopic (exact) mass is 498 g/mol. The highest BCUT2D eigenvalue weighted by Gasteiger charge is 2.02. The Hall–Kier alpha value is -3.30. The maximum absolute atomic E-state index is 13.0. The van der Waals surface area contributed by atoms with Crippen LogP contribution in [-0.4, -0.2) is 12.4 Å². The van der Waals surface area contributed by atoms with Crippen LogP contribution in [0.15, 0.2) is 85.5 Å². The summed E-state index contributed by atoms with van der Waals surface area (Å²) in [5, 5.41) is 0. The Morgan fingerprint density at radius 1 is 0.703 bits per heavy atom. The van der Waals surface area contributed by atoms with E-state index in [4.69, 9.17) is 4.74 Å². The lowest BCUT2D eigenvalue weighted by Gasteiger charge is -2.06. The predicted octanol–water partition coefficient (Wildman–Crippen LogP) is 9.24. The zero-order valence-electron chi connectivity index (χ0n) is 21.8. The first-order valence-corrected chi connectivity index (χ1v) is 13.5. The molecule has 0 atom stereocenters. The molecular weight excluding hydrogens is 459 g/mol. The Bertz CT molecular complexity index is 1100. The average molecular weight is 499 g/mol. The van der Waals surface area contributed by atoms with Crippen molar-refractivity contribution in [2.24, 2.45) is 0 Å². The fourth-order valence-electron chi connectivity index (χ4n) is 4.21. The van der Waals surface area contributed by atoms with Gasteiger partial charge in [0.2, 0.25) is 0 Å². The van der Waals surface area contributed by atoms with Crippen molar-refractivity contribution in [3.8, 4) is 0 Å². The zero-order chi connectivity index (χ0) is 26.1. The van der Waals surface area contributed by atoms with Crippen LogP contribution in [0, 0.1) is 5.82 Å². The summed E-state index contributed by atoms with van der Waals surface area (Å²) in [5.41, 5.74) is 5.17. The second-order valence-electron chi connectivity index (χ2n) is 9.52. The Labute approximate surface area is 221 Å². The number of ether oxygens (including phenoxy) is 1. The van der Waals surface area contributed by atoms with Gasteiger partial charge in [-0.1, -0.05) is 106 Å². The number of aryl methyl sites for hydroxylation is 1. The van der Waals surface area contributed by atoms with Gasteiger partial charge < -0.3 is 4.74 Å². The molecule has 3 aromatic carbocycles. The molecule has 194 valence electrons. The van der Waals surface area contributed by atoms with Crippen LogP contribution in [0.25, 0.3) is 12.2 Å². The topological polar surface area (TPSA) is 26.3 Å². The molecule has 3 heteroatoms. The minimum atomic E-state index is -0.337. The summed E-state index contributed by atoms with van der Waals surface area (Å²) in [5.74, 6) is -0.459. The summed E-state index contributed by atoms with van der Waals surface area (Å²) in [4.78, 5) is 12.2. The molecule has 2 nitrogen and oxygen atoms in total. The first-order chi connectivity index (χ1) is 18.1. The summed E-state index contributed by atoms with van der Waals surface area (Å²) < 4.78 is 18.8. The molecule has 0 heterocycles. The average Bonchev–Trinajstić information content (AvgIpc) is 2.93. The van der Waals surface area contributed by atoms with Crippen molar-refractivity contribution in [2.45, 2.75) is 64.4 Å². The second-order valence-corrected chi connectivity index (χ2v) is 9.52. The van der Waals surface area contributed by atoms with Crippen molar-refractivity contribution >= 4 is 17.9 Å². The number of unbranched alkanes of at least 4 members (excludes halogenated alkanes) is 7. The van der Waals surface area contributed by atoms with Gasteiger partial charge in [-0.05, 0) is 71.9 Å². The molecule has 3 rings (SSSR count). The summed E-state index contributed by atoms with van der Waals surface area (Å²) in [7, 11) is 0. The highest BCUT2D eigenvalue weighted by Crippen LogP contribution is 2.14. The summed E-state index contributed by atoms with van der Waals surface area (Å²) >= 11 is 0. The van der Waals surface area contributed by atoms with E-state index in [1.54, 1.807) is 6.08 Å². The zero-order valence-corrected chi connectivity index (χ0v) is 21.8. The Morgan fingerprint density at radius 3 is 1.92 bits per heavy atom. The van der Waals surface area contributed by atoms with Gasteiger partial charge in [0.1, 0.15) is 5.82 Å². The first-order valence-electron chi connectivity index (χ1n) is 13.5. The number of rotatable bonds is 17. The van der Waals surface area contributed by atoms with Crippen molar-refractivity contribution in [2.75, 3.05) is 6.61 Å². The fraction of sp³-hybridized carbons (Fsp3) is 0.324. The molecule has 3 aromatic rings. The van der Waals surface area contributed by atoms with Gasteiger partial charge in [0.25, 0.3) is 0 Å². The van der Waals surface area contributed by atoms with E-state index in [2.05, 4.69) is 43.0 Å². The molecule has 0 aliphatic rings. The first kappa shape index (κ1) is 28.3. The number of ketones is 1. The molecule has 0 radical (unpaired) electrons. The molecule has 0 spiro atoms. The second kappa shape index (κ2) is 16.4. The maximum atomic E-state index is 13.0. The van der Waals surface area contributed by atoms with E-state index >= 15 is 0 Å². The van der Waals surface area contributed by atoms with E-state index in [0.29, 0.717) is 12.2 Å². The number of allylic oxidation sites excluding steroid dienone is 1. The third kappa shape index (κ3) is 11.1. The maximum Gasteiger partial charge on any atom is 0.185 e. The number of carbonyl (C=O) groups is 1. The van der Waals surface area contributed by atoms with Gasteiger partial charge >= 0.3 is 0 Å². The number of hydrogen-bond donors (Lipinski definition) is 0. The molecule has 0 fully saturated rings. The molecular formula is C34H39FO2. The van der Waals surface area contributed by atoms with Crippen LogP contribution in [-0.2, 0) is 17.8 Å². The van der Waals surface area contributed by atoms with Crippen molar-refractivity contribution in [3.63, 3.8) is 0 Å². The SMILES string of the molecule is C=Cc1ccc(COCCCCCCCCCCc2ccc(C=CC(=O)c3ccc(F)cc3)cc2)cc1. The summed E-state index contributed by atoms with van der Waals surface area (Å²) in [6.07, 6.45) is 16.3. The molecule has 37 heavy (non-hydrogen) atoms. The summed E-state index contributed by atoms with van der Waals surface area (Å²) in [6.45, 7) is 5.30. The van der Waals surface area contributed by atoms with Crippen molar-refractivity contribution in [3.05, 3.63) is 119 Å².